The van der Waals surface area contributed by atoms with Crippen molar-refractivity contribution in [3.05, 3.63) is 65.2 Å². The second kappa shape index (κ2) is 9.48. The fourth-order valence-corrected chi connectivity index (χ4v) is 2.93. The van der Waals surface area contributed by atoms with Crippen LogP contribution < -0.4 is 9.46 Å². The van der Waals surface area contributed by atoms with E-state index < -0.39 is 22.1 Å². The number of carbonyl (C=O) groups is 2. The molecule has 0 saturated heterocycles. The predicted octanol–water partition coefficient (Wildman–Crippen LogP) is 2.22. The lowest BCUT2D eigenvalue weighted by atomic mass is 10.1. The minimum absolute atomic E-state index is 0.274. The highest BCUT2D eigenvalue weighted by molar-refractivity contribution is 7.88. The van der Waals surface area contributed by atoms with Gasteiger partial charge in [0.15, 0.2) is 6.10 Å². The van der Waals surface area contributed by atoms with Crippen molar-refractivity contribution in [1.82, 2.24) is 4.72 Å². The molecule has 0 aliphatic heterocycles. The molecule has 1 atom stereocenters. The van der Waals surface area contributed by atoms with Crippen LogP contribution in [0, 0.1) is 0 Å². The van der Waals surface area contributed by atoms with Gasteiger partial charge in [0.05, 0.1) is 18.9 Å². The second-order valence-electron chi connectivity index (χ2n) is 6.25. The fourth-order valence-electron chi connectivity index (χ4n) is 2.46. The number of nitrogens with one attached hydrogen (secondary N) is 1. The van der Waals surface area contributed by atoms with Crippen molar-refractivity contribution in [2.24, 2.45) is 0 Å². The number of Topliss-reactive ketones (excluding diaryl/α,β-unsaturated/α-hetero) is 1. The topological polar surface area (TPSA) is 98.8 Å². The van der Waals surface area contributed by atoms with Gasteiger partial charge in [-0.3, -0.25) is 4.79 Å². The smallest absolute Gasteiger partial charge is 0.338 e. The highest BCUT2D eigenvalue weighted by Crippen LogP contribution is 2.15. The van der Waals surface area contributed by atoms with Crippen molar-refractivity contribution in [3.8, 4) is 5.75 Å². The van der Waals surface area contributed by atoms with Gasteiger partial charge in [0.2, 0.25) is 15.8 Å². The Morgan fingerprint density at radius 1 is 1.00 bits per heavy atom. The van der Waals surface area contributed by atoms with Gasteiger partial charge in [0, 0.05) is 12.1 Å². The summed E-state index contributed by atoms with van der Waals surface area (Å²) in [7, 11) is -1.69. The van der Waals surface area contributed by atoms with Crippen molar-refractivity contribution >= 4 is 21.8 Å². The Morgan fingerprint density at radius 2 is 1.57 bits per heavy atom. The first-order valence-corrected chi connectivity index (χ1v) is 10.5. The Kier molecular flexibility index (Phi) is 7.31. The maximum Gasteiger partial charge on any atom is 0.338 e. The van der Waals surface area contributed by atoms with E-state index in [0.29, 0.717) is 23.3 Å². The number of hydrogen-bond donors (Lipinski definition) is 1. The molecule has 0 spiro atoms. The second-order valence-corrected chi connectivity index (χ2v) is 8.09. The summed E-state index contributed by atoms with van der Waals surface area (Å²) in [6.45, 7) is 1.80. The van der Waals surface area contributed by atoms with Crippen LogP contribution in [0.4, 0.5) is 0 Å². The number of sulfonamides is 1. The highest BCUT2D eigenvalue weighted by atomic mass is 32.2. The molecule has 2 aromatic carbocycles. The van der Waals surface area contributed by atoms with Gasteiger partial charge >= 0.3 is 5.97 Å². The molecular weight excluding hydrogens is 382 g/mol. The SMILES string of the molecule is COc1ccc(C(=O)[C@@H](C)OC(=O)c2ccc(CCNS(C)(=O)=O)cc2)cc1. The first kappa shape index (κ1) is 21.6. The van der Waals surface area contributed by atoms with Crippen LogP contribution in [-0.4, -0.2) is 46.2 Å². The van der Waals surface area contributed by atoms with Crippen LogP contribution in [0.25, 0.3) is 0 Å². The number of ether oxygens (including phenoxy) is 2. The average Bonchev–Trinajstić information content (AvgIpc) is 2.67. The summed E-state index contributed by atoms with van der Waals surface area (Å²) in [5.74, 6) is -0.275. The standard InChI is InChI=1S/C20H23NO6S/c1-14(19(22)16-8-10-18(26-2)11-9-16)27-20(23)17-6-4-15(5-7-17)12-13-21-28(3,24)25/h4-11,14,21H,12-13H2,1-3H3/t14-/m1/s1. The molecule has 0 unspecified atom stereocenters. The van der Waals surface area contributed by atoms with Crippen LogP contribution in [-0.2, 0) is 21.2 Å². The summed E-state index contributed by atoms with van der Waals surface area (Å²) in [5.41, 5.74) is 1.61. The number of benzene rings is 2. The van der Waals surface area contributed by atoms with Gasteiger partial charge in [-0.25, -0.2) is 17.9 Å². The van der Waals surface area contributed by atoms with Crippen LogP contribution in [0.15, 0.2) is 48.5 Å². The normalized spacial score (nSPS) is 12.2. The fraction of sp³-hybridized carbons (Fsp3) is 0.300. The van der Waals surface area contributed by atoms with E-state index in [2.05, 4.69) is 4.72 Å². The van der Waals surface area contributed by atoms with E-state index in [1.807, 2.05) is 0 Å². The summed E-state index contributed by atoms with van der Waals surface area (Å²) in [6, 6.07) is 13.2. The minimum atomic E-state index is -3.23. The third-order valence-electron chi connectivity index (χ3n) is 4.00. The lowest BCUT2D eigenvalue weighted by molar-refractivity contribution is 0.0319. The maximum absolute atomic E-state index is 12.4. The first-order valence-electron chi connectivity index (χ1n) is 8.62. The number of carbonyl (C=O) groups excluding carboxylic acids is 2. The molecule has 28 heavy (non-hydrogen) atoms. The van der Waals surface area contributed by atoms with Crippen LogP contribution in [0.3, 0.4) is 0 Å². The zero-order valence-corrected chi connectivity index (χ0v) is 16.8. The molecule has 7 nitrogen and oxygen atoms in total. The van der Waals surface area contributed by atoms with Gasteiger partial charge in [-0.15, -0.1) is 0 Å². The Labute approximate surface area is 164 Å². The van der Waals surface area contributed by atoms with Crippen molar-refractivity contribution in [1.29, 1.82) is 0 Å². The summed E-state index contributed by atoms with van der Waals surface area (Å²) >= 11 is 0. The molecule has 0 aliphatic rings. The molecule has 0 aliphatic carbocycles. The van der Waals surface area contributed by atoms with Crippen molar-refractivity contribution in [2.75, 3.05) is 19.9 Å². The van der Waals surface area contributed by atoms with E-state index in [1.165, 1.54) is 14.0 Å². The van der Waals surface area contributed by atoms with Gasteiger partial charge in [-0.2, -0.15) is 0 Å². The lowest BCUT2D eigenvalue weighted by Gasteiger charge is -2.13. The third-order valence-corrected chi connectivity index (χ3v) is 4.72. The molecule has 0 heterocycles. The van der Waals surface area contributed by atoms with Gasteiger partial charge in [-0.1, -0.05) is 12.1 Å². The van der Waals surface area contributed by atoms with Gasteiger partial charge < -0.3 is 9.47 Å². The van der Waals surface area contributed by atoms with E-state index >= 15 is 0 Å². The molecule has 2 rings (SSSR count). The Morgan fingerprint density at radius 3 is 2.11 bits per heavy atom. The molecule has 0 aromatic heterocycles. The monoisotopic (exact) mass is 405 g/mol. The molecular formula is C20H23NO6S. The van der Waals surface area contributed by atoms with E-state index in [4.69, 9.17) is 9.47 Å². The molecule has 8 heteroatoms. The van der Waals surface area contributed by atoms with Crippen LogP contribution in [0.2, 0.25) is 0 Å². The molecule has 1 N–H and O–H groups in total. The van der Waals surface area contributed by atoms with Crippen molar-refractivity contribution in [3.63, 3.8) is 0 Å². The number of ketones is 1. The minimum Gasteiger partial charge on any atom is -0.497 e. The van der Waals surface area contributed by atoms with Gasteiger partial charge in [0.25, 0.3) is 0 Å². The largest absolute Gasteiger partial charge is 0.497 e. The molecule has 2 aromatic rings. The van der Waals surface area contributed by atoms with Gasteiger partial charge in [-0.05, 0) is 55.3 Å². The van der Waals surface area contributed by atoms with Crippen LogP contribution in [0.1, 0.15) is 33.2 Å². The Hall–Kier alpha value is -2.71. The highest BCUT2D eigenvalue weighted by Gasteiger charge is 2.20. The zero-order chi connectivity index (χ0) is 20.7. The number of methoxy groups -OCH3 is 1. The molecule has 150 valence electrons. The summed E-state index contributed by atoms with van der Waals surface area (Å²) in [4.78, 5) is 24.7. The summed E-state index contributed by atoms with van der Waals surface area (Å²) in [5, 5.41) is 0. The Balaban J connectivity index is 1.93. The van der Waals surface area contributed by atoms with Crippen molar-refractivity contribution in [2.45, 2.75) is 19.4 Å². The van der Waals surface area contributed by atoms with Crippen LogP contribution in [0.5, 0.6) is 5.75 Å². The Bertz CT molecular complexity index is 920. The molecule has 0 amide bonds. The van der Waals surface area contributed by atoms with Gasteiger partial charge in [0.1, 0.15) is 5.75 Å². The molecule has 0 fully saturated rings. The van der Waals surface area contributed by atoms with Crippen LogP contribution >= 0.6 is 0 Å². The molecule has 0 radical (unpaired) electrons. The summed E-state index contributed by atoms with van der Waals surface area (Å²) < 4.78 is 34.8. The van der Waals surface area contributed by atoms with E-state index in [0.717, 1.165) is 11.8 Å². The summed E-state index contributed by atoms with van der Waals surface area (Å²) in [6.07, 6.45) is 0.662. The molecule has 0 saturated carbocycles. The van der Waals surface area contributed by atoms with E-state index in [9.17, 15) is 18.0 Å². The molecule has 0 bridgehead atoms. The zero-order valence-electron chi connectivity index (χ0n) is 16.0. The number of esters is 1. The predicted molar refractivity (Wildman–Crippen MR) is 105 cm³/mol. The number of hydrogen-bond acceptors (Lipinski definition) is 6. The maximum atomic E-state index is 12.4. The van der Waals surface area contributed by atoms with E-state index in [1.54, 1.807) is 48.5 Å². The quantitative estimate of drug-likeness (QED) is 0.507. The lowest BCUT2D eigenvalue weighted by Crippen LogP contribution is -2.24. The van der Waals surface area contributed by atoms with Crippen molar-refractivity contribution < 1.29 is 27.5 Å². The average molecular weight is 405 g/mol. The number of rotatable bonds is 9. The third kappa shape index (κ3) is 6.47. The first-order chi connectivity index (χ1) is 13.2. The van der Waals surface area contributed by atoms with E-state index in [-0.39, 0.29) is 12.3 Å².